The summed E-state index contributed by atoms with van der Waals surface area (Å²) < 4.78 is 93.5. The van der Waals surface area contributed by atoms with Gasteiger partial charge in [-0.1, -0.05) is 41.9 Å². The number of hydrogen-bond acceptors (Lipinski definition) is 13. The minimum absolute atomic E-state index is 0.0103. The summed E-state index contributed by atoms with van der Waals surface area (Å²) in [6.45, 7) is 10.6. The van der Waals surface area contributed by atoms with Gasteiger partial charge < -0.3 is 38.4 Å². The first-order valence-electron chi connectivity index (χ1n) is 22.8. The molecule has 370 valence electrons. The summed E-state index contributed by atoms with van der Waals surface area (Å²) in [5.41, 5.74) is -1.83. The Labute approximate surface area is 408 Å². The number of carbonyl (C=O) groups is 1. The molecule has 6 aromatic rings. The molecule has 0 spiro atoms. The van der Waals surface area contributed by atoms with E-state index in [2.05, 4.69) is 25.2 Å². The molecule has 1 fully saturated rings. The number of ether oxygens (including phenoxy) is 5. The number of nitrogens with one attached hydrogen (secondary N) is 1. The van der Waals surface area contributed by atoms with E-state index in [-0.39, 0.29) is 84.4 Å². The zero-order valence-corrected chi connectivity index (χ0v) is 41.0. The van der Waals surface area contributed by atoms with Crippen molar-refractivity contribution < 1.29 is 46.0 Å². The Morgan fingerprint density at radius 2 is 1.63 bits per heavy atom. The minimum Gasteiger partial charge on any atom is -0.497 e. The molecule has 14 nitrogen and oxygen atoms in total. The Kier molecular flexibility index (Phi) is 14.5. The molecule has 3 aromatic carbocycles. The molecule has 0 bridgehead atoms. The summed E-state index contributed by atoms with van der Waals surface area (Å²) in [6.07, 6.45) is -3.37. The lowest BCUT2D eigenvalue weighted by atomic mass is 9.98. The van der Waals surface area contributed by atoms with Crippen LogP contribution in [0.25, 0.3) is 22.2 Å². The number of likely N-dealkylation sites (tertiary alicyclic amines) is 1. The number of methoxy groups -OCH3 is 2. The van der Waals surface area contributed by atoms with E-state index in [1.165, 1.54) is 19.2 Å². The number of hydrogen-bond donors (Lipinski definition) is 1. The highest BCUT2D eigenvalue weighted by Crippen LogP contribution is 2.51. The van der Waals surface area contributed by atoms with Gasteiger partial charge in [-0.2, -0.15) is 23.1 Å². The number of rotatable bonds is 14. The van der Waals surface area contributed by atoms with Crippen molar-refractivity contribution in [2.24, 2.45) is 5.92 Å². The highest BCUT2D eigenvalue weighted by molar-refractivity contribution is 6.36. The normalized spacial score (nSPS) is 15.6. The lowest BCUT2D eigenvalue weighted by molar-refractivity contribution is -0.137. The van der Waals surface area contributed by atoms with Crippen molar-refractivity contribution >= 4 is 46.1 Å². The van der Waals surface area contributed by atoms with Gasteiger partial charge in [0.25, 0.3) is 0 Å². The lowest BCUT2D eigenvalue weighted by Gasteiger charge is -2.31. The Morgan fingerprint density at radius 1 is 0.971 bits per heavy atom. The zero-order chi connectivity index (χ0) is 50.1. The molecular formula is C51H55ClF4N8O6. The highest BCUT2D eigenvalue weighted by atomic mass is 35.5. The van der Waals surface area contributed by atoms with E-state index < -0.39 is 51.6 Å². The first-order chi connectivity index (χ1) is 33.3. The second-order valence-electron chi connectivity index (χ2n) is 18.5. The fourth-order valence-electron chi connectivity index (χ4n) is 8.84. The molecule has 70 heavy (non-hydrogen) atoms. The first-order valence-corrected chi connectivity index (χ1v) is 23.2. The molecule has 1 unspecified atom stereocenters. The Morgan fingerprint density at radius 3 is 2.21 bits per heavy atom. The number of anilines is 3. The van der Waals surface area contributed by atoms with Crippen LogP contribution >= 0.6 is 11.6 Å². The van der Waals surface area contributed by atoms with Crippen LogP contribution in [-0.2, 0) is 24.0 Å². The van der Waals surface area contributed by atoms with E-state index in [0.29, 0.717) is 17.1 Å². The van der Waals surface area contributed by atoms with Gasteiger partial charge in [0, 0.05) is 37.3 Å². The van der Waals surface area contributed by atoms with E-state index in [0.717, 1.165) is 30.6 Å². The second-order valence-corrected chi connectivity index (χ2v) is 18.8. The fourth-order valence-corrected chi connectivity index (χ4v) is 9.16. The van der Waals surface area contributed by atoms with Crippen LogP contribution in [0.2, 0.25) is 5.02 Å². The number of pyridine rings is 2. The molecule has 1 saturated heterocycles. The number of benzene rings is 3. The van der Waals surface area contributed by atoms with Crippen molar-refractivity contribution in [1.29, 1.82) is 0 Å². The molecular weight excluding hydrogens is 932 g/mol. The Balaban J connectivity index is 1.31. The molecule has 2 aliphatic heterocycles. The molecule has 1 amide bonds. The maximum Gasteiger partial charge on any atom is 0.418 e. The van der Waals surface area contributed by atoms with Crippen molar-refractivity contribution in [3.8, 4) is 34.5 Å². The smallest absolute Gasteiger partial charge is 0.418 e. The summed E-state index contributed by atoms with van der Waals surface area (Å²) >= 11 is 7.22. The largest absolute Gasteiger partial charge is 0.497 e. The number of nitrogens with zero attached hydrogens (tertiary/aromatic N) is 7. The first kappa shape index (κ1) is 49.8. The Hall–Kier alpha value is -6.66. The molecule has 0 saturated carbocycles. The number of aryl methyl sites for hydroxylation is 1. The third-order valence-electron chi connectivity index (χ3n) is 12.2. The topological polar surface area (TPSA) is 137 Å². The average Bonchev–Trinajstić information content (AvgIpc) is 3.63. The van der Waals surface area contributed by atoms with Crippen molar-refractivity contribution in [1.82, 2.24) is 24.8 Å². The lowest BCUT2D eigenvalue weighted by Crippen LogP contribution is -2.32. The quantitative estimate of drug-likeness (QED) is 0.104. The van der Waals surface area contributed by atoms with Crippen LogP contribution in [-0.4, -0.2) is 90.6 Å². The molecule has 8 rings (SSSR count). The highest BCUT2D eigenvalue weighted by Gasteiger charge is 2.41. The van der Waals surface area contributed by atoms with Gasteiger partial charge in [-0.25, -0.2) is 19.2 Å². The molecule has 19 heteroatoms. The van der Waals surface area contributed by atoms with Crippen molar-refractivity contribution in [2.45, 2.75) is 71.9 Å². The molecule has 0 radical (unpaired) electrons. The molecule has 2 aliphatic rings. The number of alkyl halides is 3. The summed E-state index contributed by atoms with van der Waals surface area (Å²) in [4.78, 5) is 37.3. The molecule has 1 N–H and O–H groups in total. The van der Waals surface area contributed by atoms with Crippen LogP contribution in [0, 0.1) is 18.7 Å². The minimum atomic E-state index is -5.01. The standard InChI is InChI=1S/C51H55ClF4N8O6/c1-29-24-37(63(26-31-11-15-34(66-7)16-12-31)27-32-13-17-35(67-8)18-14-32)58-43(40(29)51(54,55)56)38-41(52)45-39-44(42(38)53)59-48(69-28-33-19-21-62(6)25-33)61-47(39)64(22-23-68-45)30(2)36-10-9-20-57-46(36)60-49(65)70-50(3,4)5/h9-18,20,24,30,33H,19,21-23,25-28H2,1-8H3,(H,57,60,65)/t30-,33?/m1/s1. The zero-order valence-electron chi connectivity index (χ0n) is 40.2. The van der Waals surface area contributed by atoms with E-state index in [9.17, 15) is 4.79 Å². The van der Waals surface area contributed by atoms with Gasteiger partial charge in [0.05, 0.1) is 60.6 Å². The van der Waals surface area contributed by atoms with Crippen LogP contribution in [0.3, 0.4) is 0 Å². The van der Waals surface area contributed by atoms with Gasteiger partial charge in [0.1, 0.15) is 46.7 Å². The van der Waals surface area contributed by atoms with E-state index in [1.807, 2.05) is 43.1 Å². The van der Waals surface area contributed by atoms with Gasteiger partial charge in [-0.05, 0) is 108 Å². The fraction of sp³-hybridized carbons (Fsp3) is 0.392. The van der Waals surface area contributed by atoms with Gasteiger partial charge in [-0.15, -0.1) is 0 Å². The maximum atomic E-state index is 18.1. The van der Waals surface area contributed by atoms with Gasteiger partial charge >= 0.3 is 18.3 Å². The number of halogens is 5. The third kappa shape index (κ3) is 10.9. The molecule has 0 aliphatic carbocycles. The van der Waals surface area contributed by atoms with E-state index in [1.54, 1.807) is 76.3 Å². The van der Waals surface area contributed by atoms with Crippen LogP contribution in [0.1, 0.15) is 68.0 Å². The van der Waals surface area contributed by atoms with Crippen LogP contribution < -0.4 is 34.1 Å². The summed E-state index contributed by atoms with van der Waals surface area (Å²) in [6, 6.07) is 18.5. The second kappa shape index (κ2) is 20.4. The van der Waals surface area contributed by atoms with E-state index in [4.69, 9.17) is 40.3 Å². The Bertz CT molecular complexity index is 2820. The molecule has 3 aromatic heterocycles. The van der Waals surface area contributed by atoms with Crippen LogP contribution in [0.4, 0.5) is 39.8 Å². The monoisotopic (exact) mass is 986 g/mol. The van der Waals surface area contributed by atoms with Crippen LogP contribution in [0.5, 0.6) is 23.3 Å². The number of carbonyl (C=O) groups excluding carboxylic acids is 1. The average molecular weight is 987 g/mol. The third-order valence-corrected chi connectivity index (χ3v) is 12.6. The predicted molar refractivity (Wildman–Crippen MR) is 260 cm³/mol. The molecule has 5 heterocycles. The van der Waals surface area contributed by atoms with Gasteiger partial charge in [0.15, 0.2) is 11.6 Å². The number of aromatic nitrogens is 4. The van der Waals surface area contributed by atoms with Crippen molar-refractivity contribution in [3.63, 3.8) is 0 Å². The summed E-state index contributed by atoms with van der Waals surface area (Å²) in [5.74, 6) is 0.514. The summed E-state index contributed by atoms with van der Waals surface area (Å²) in [5, 5.41) is 2.30. The number of amides is 1. The van der Waals surface area contributed by atoms with Crippen LogP contribution in [0.15, 0.2) is 72.9 Å². The van der Waals surface area contributed by atoms with Crippen molar-refractivity contribution in [3.05, 3.63) is 112 Å². The maximum absolute atomic E-state index is 18.1. The SMILES string of the molecule is COc1ccc(CN(Cc2ccc(OC)cc2)c2cc(C)c(C(F)(F)F)c(-c3c(Cl)c4c5c(nc(OCC6CCN(C)C6)nc5c3F)N([C@H](C)c3cccnc3NC(=O)OC(C)(C)C)CCO4)n2)cc1. The van der Waals surface area contributed by atoms with Gasteiger partial charge in [0.2, 0.25) is 0 Å². The van der Waals surface area contributed by atoms with E-state index >= 15 is 17.6 Å². The summed E-state index contributed by atoms with van der Waals surface area (Å²) in [7, 11) is 5.11. The molecule has 2 atom stereocenters. The van der Waals surface area contributed by atoms with Crippen molar-refractivity contribution in [2.75, 3.05) is 69.2 Å². The van der Waals surface area contributed by atoms with Gasteiger partial charge in [-0.3, -0.25) is 5.32 Å². The predicted octanol–water partition coefficient (Wildman–Crippen LogP) is 11.1.